The summed E-state index contributed by atoms with van der Waals surface area (Å²) in [4.78, 5) is 4.53. The molecule has 0 bridgehead atoms. The number of benzene rings is 2. The van der Waals surface area contributed by atoms with Crippen LogP contribution in [0.2, 0.25) is 10.0 Å². The van der Waals surface area contributed by atoms with Gasteiger partial charge in [0.15, 0.2) is 5.75 Å². The van der Waals surface area contributed by atoms with Crippen LogP contribution in [0.15, 0.2) is 36.4 Å². The number of halogens is 2. The van der Waals surface area contributed by atoms with Crippen LogP contribution in [0.1, 0.15) is 24.4 Å². The molecule has 0 spiro atoms. The molecule has 0 saturated heterocycles. The summed E-state index contributed by atoms with van der Waals surface area (Å²) in [6.45, 7) is 4.63. The SMILES string of the molecule is CC(C)COc1c(Cl)cc(/C=C(/C#N)c2nc3ccccc3s2)cc1Cl. The molecule has 0 atom stereocenters. The van der Waals surface area contributed by atoms with E-state index in [0.29, 0.717) is 38.9 Å². The number of para-hydroxylation sites is 1. The third-order valence-electron chi connectivity index (χ3n) is 3.54. The number of nitriles is 1. The van der Waals surface area contributed by atoms with Crippen molar-refractivity contribution in [2.75, 3.05) is 6.61 Å². The Bertz CT molecular complexity index is 962. The minimum Gasteiger partial charge on any atom is -0.490 e. The van der Waals surface area contributed by atoms with E-state index < -0.39 is 0 Å². The molecule has 132 valence electrons. The van der Waals surface area contributed by atoms with Gasteiger partial charge in [0.2, 0.25) is 0 Å². The molecular formula is C20H16Cl2N2OS. The highest BCUT2D eigenvalue weighted by Crippen LogP contribution is 2.36. The molecule has 1 heterocycles. The lowest BCUT2D eigenvalue weighted by molar-refractivity contribution is 0.271. The Labute approximate surface area is 166 Å². The van der Waals surface area contributed by atoms with Crippen LogP contribution in [0.5, 0.6) is 5.75 Å². The lowest BCUT2D eigenvalue weighted by Crippen LogP contribution is -2.05. The number of ether oxygens (including phenoxy) is 1. The van der Waals surface area contributed by atoms with Crippen LogP contribution in [-0.2, 0) is 0 Å². The molecule has 0 unspecified atom stereocenters. The maximum atomic E-state index is 9.56. The molecule has 0 fully saturated rings. The fraction of sp³-hybridized carbons (Fsp3) is 0.200. The topological polar surface area (TPSA) is 45.9 Å². The van der Waals surface area contributed by atoms with Crippen LogP contribution >= 0.6 is 34.5 Å². The normalized spacial score (nSPS) is 11.8. The van der Waals surface area contributed by atoms with Crippen molar-refractivity contribution in [1.82, 2.24) is 4.98 Å². The van der Waals surface area contributed by atoms with E-state index in [9.17, 15) is 5.26 Å². The quantitative estimate of drug-likeness (QED) is 0.445. The molecule has 6 heteroatoms. The Morgan fingerprint density at radius 1 is 1.27 bits per heavy atom. The maximum absolute atomic E-state index is 9.56. The molecule has 3 rings (SSSR count). The monoisotopic (exact) mass is 402 g/mol. The zero-order valence-corrected chi connectivity index (χ0v) is 16.6. The highest BCUT2D eigenvalue weighted by Gasteiger charge is 2.12. The van der Waals surface area contributed by atoms with Gasteiger partial charge in [-0.1, -0.05) is 49.2 Å². The highest BCUT2D eigenvalue weighted by molar-refractivity contribution is 7.19. The van der Waals surface area contributed by atoms with Crippen LogP contribution in [-0.4, -0.2) is 11.6 Å². The number of nitrogens with zero attached hydrogens (tertiary/aromatic N) is 2. The Hall–Kier alpha value is -2.06. The number of aromatic nitrogens is 1. The Morgan fingerprint density at radius 2 is 1.96 bits per heavy atom. The van der Waals surface area contributed by atoms with E-state index in [2.05, 4.69) is 24.9 Å². The second-order valence-corrected chi connectivity index (χ2v) is 8.02. The van der Waals surface area contributed by atoms with E-state index in [1.807, 2.05) is 24.3 Å². The molecule has 2 aromatic carbocycles. The van der Waals surface area contributed by atoms with Gasteiger partial charge >= 0.3 is 0 Å². The number of thiazole rings is 1. The van der Waals surface area contributed by atoms with E-state index in [4.69, 9.17) is 27.9 Å². The molecule has 0 saturated carbocycles. The van der Waals surface area contributed by atoms with Gasteiger partial charge in [-0.2, -0.15) is 5.26 Å². The van der Waals surface area contributed by atoms with Gasteiger partial charge in [-0.05, 0) is 41.8 Å². The molecule has 0 aliphatic carbocycles. The highest BCUT2D eigenvalue weighted by atomic mass is 35.5. The zero-order chi connectivity index (χ0) is 18.7. The molecule has 0 amide bonds. The van der Waals surface area contributed by atoms with E-state index in [0.717, 1.165) is 15.8 Å². The fourth-order valence-electron chi connectivity index (χ4n) is 2.35. The van der Waals surface area contributed by atoms with Gasteiger partial charge in [-0.3, -0.25) is 0 Å². The summed E-state index contributed by atoms with van der Waals surface area (Å²) in [5.41, 5.74) is 2.07. The molecule has 3 aromatic rings. The minimum absolute atomic E-state index is 0.367. The van der Waals surface area contributed by atoms with Gasteiger partial charge in [0.1, 0.15) is 11.1 Å². The van der Waals surface area contributed by atoms with E-state index in [1.165, 1.54) is 11.3 Å². The van der Waals surface area contributed by atoms with Crippen LogP contribution < -0.4 is 4.74 Å². The third kappa shape index (κ3) is 4.19. The smallest absolute Gasteiger partial charge is 0.156 e. The Balaban J connectivity index is 1.95. The molecule has 0 N–H and O–H groups in total. The summed E-state index contributed by atoms with van der Waals surface area (Å²) < 4.78 is 6.72. The second kappa shape index (κ2) is 8.09. The first-order valence-electron chi connectivity index (χ1n) is 8.07. The molecule has 0 aliphatic rings. The van der Waals surface area contributed by atoms with E-state index >= 15 is 0 Å². The Morgan fingerprint density at radius 3 is 2.58 bits per heavy atom. The lowest BCUT2D eigenvalue weighted by atomic mass is 10.1. The summed E-state index contributed by atoms with van der Waals surface area (Å²) in [6.07, 6.45) is 1.74. The van der Waals surface area contributed by atoms with Crippen molar-refractivity contribution in [2.24, 2.45) is 5.92 Å². The molecule has 1 aromatic heterocycles. The van der Waals surface area contributed by atoms with Crippen molar-refractivity contribution in [3.8, 4) is 11.8 Å². The standard InChI is InChI=1S/C20H16Cl2N2OS/c1-12(2)11-25-19-15(21)8-13(9-16(19)22)7-14(10-23)20-24-17-5-3-4-6-18(17)26-20/h3-9,12H,11H2,1-2H3/b14-7-. The fourth-order valence-corrected chi connectivity index (χ4v) is 3.89. The van der Waals surface area contributed by atoms with Gasteiger partial charge in [-0.25, -0.2) is 4.98 Å². The largest absolute Gasteiger partial charge is 0.490 e. The van der Waals surface area contributed by atoms with Crippen LogP contribution in [0.25, 0.3) is 21.9 Å². The predicted octanol–water partition coefficient (Wildman–Crippen LogP) is 6.70. The van der Waals surface area contributed by atoms with Crippen molar-refractivity contribution < 1.29 is 4.74 Å². The van der Waals surface area contributed by atoms with Crippen molar-refractivity contribution in [3.63, 3.8) is 0 Å². The van der Waals surface area contributed by atoms with E-state index in [-0.39, 0.29) is 0 Å². The summed E-state index contributed by atoms with van der Waals surface area (Å²) >= 11 is 14.1. The van der Waals surface area contributed by atoms with Crippen molar-refractivity contribution >= 4 is 56.4 Å². The first-order chi connectivity index (χ1) is 12.5. The molecule has 26 heavy (non-hydrogen) atoms. The summed E-state index contributed by atoms with van der Waals surface area (Å²) in [5, 5.41) is 11.1. The van der Waals surface area contributed by atoms with Gasteiger partial charge in [0.05, 0.1) is 32.4 Å². The second-order valence-electron chi connectivity index (χ2n) is 6.18. The number of hydrogen-bond donors (Lipinski definition) is 0. The van der Waals surface area contributed by atoms with Crippen molar-refractivity contribution in [1.29, 1.82) is 5.26 Å². The molecule has 3 nitrogen and oxygen atoms in total. The minimum atomic E-state index is 0.367. The Kier molecular flexibility index (Phi) is 5.83. The average Bonchev–Trinajstić information content (AvgIpc) is 3.02. The van der Waals surface area contributed by atoms with Crippen molar-refractivity contribution in [3.05, 3.63) is 57.0 Å². The summed E-state index contributed by atoms with van der Waals surface area (Å²) in [5.74, 6) is 0.837. The summed E-state index contributed by atoms with van der Waals surface area (Å²) in [7, 11) is 0. The third-order valence-corrected chi connectivity index (χ3v) is 5.17. The van der Waals surface area contributed by atoms with Gasteiger partial charge in [0, 0.05) is 0 Å². The van der Waals surface area contributed by atoms with Crippen LogP contribution in [0, 0.1) is 17.2 Å². The van der Waals surface area contributed by atoms with Gasteiger partial charge < -0.3 is 4.74 Å². The van der Waals surface area contributed by atoms with Gasteiger partial charge in [-0.15, -0.1) is 11.3 Å². The van der Waals surface area contributed by atoms with Crippen molar-refractivity contribution in [2.45, 2.75) is 13.8 Å². The first kappa shape index (κ1) is 18.7. The molecular weight excluding hydrogens is 387 g/mol. The average molecular weight is 403 g/mol. The molecule has 0 aliphatic heterocycles. The zero-order valence-electron chi connectivity index (χ0n) is 14.3. The number of rotatable bonds is 5. The summed E-state index contributed by atoms with van der Waals surface area (Å²) in [6, 6.07) is 13.5. The van der Waals surface area contributed by atoms with E-state index in [1.54, 1.807) is 18.2 Å². The lowest BCUT2D eigenvalue weighted by Gasteiger charge is -2.12. The van der Waals surface area contributed by atoms with Crippen LogP contribution in [0.4, 0.5) is 0 Å². The first-order valence-corrected chi connectivity index (χ1v) is 9.64. The van der Waals surface area contributed by atoms with Gasteiger partial charge in [0.25, 0.3) is 0 Å². The predicted molar refractivity (Wildman–Crippen MR) is 110 cm³/mol. The number of hydrogen-bond acceptors (Lipinski definition) is 4. The maximum Gasteiger partial charge on any atom is 0.156 e. The molecule has 0 radical (unpaired) electrons. The van der Waals surface area contributed by atoms with Crippen LogP contribution in [0.3, 0.4) is 0 Å². The number of fused-ring (bicyclic) bond motifs is 1. The number of allylic oxidation sites excluding steroid dienone is 1.